The van der Waals surface area contributed by atoms with Crippen molar-refractivity contribution in [3.05, 3.63) is 21.8 Å². The number of thioether (sulfide) groups is 1. The molecule has 1 amide bonds. The molecule has 3 aromatic rings. The first-order valence-electron chi connectivity index (χ1n) is 10.3. The number of rotatable bonds is 7. The van der Waals surface area contributed by atoms with Crippen LogP contribution in [-0.2, 0) is 11.3 Å². The number of hydrogen-bond donors (Lipinski definition) is 1. The number of thiophene rings is 1. The topological polar surface area (TPSA) is 81.3 Å². The normalized spacial score (nSPS) is 15.6. The van der Waals surface area contributed by atoms with Crippen LogP contribution in [0.25, 0.3) is 16.0 Å². The van der Waals surface area contributed by atoms with E-state index in [4.69, 9.17) is 0 Å². The quantitative estimate of drug-likeness (QED) is 0.575. The summed E-state index contributed by atoms with van der Waals surface area (Å²) in [5.41, 5.74) is 0.804. The molecule has 3 aromatic heterocycles. The van der Waals surface area contributed by atoms with Gasteiger partial charge in [-0.05, 0) is 36.6 Å². The summed E-state index contributed by atoms with van der Waals surface area (Å²) in [6.07, 6.45) is 6.69. The van der Waals surface area contributed by atoms with E-state index in [1.165, 1.54) is 42.4 Å². The van der Waals surface area contributed by atoms with Gasteiger partial charge in [-0.15, -0.1) is 21.5 Å². The summed E-state index contributed by atoms with van der Waals surface area (Å²) >= 11 is 2.82. The third-order valence-electron chi connectivity index (χ3n) is 5.42. The van der Waals surface area contributed by atoms with Gasteiger partial charge >= 0.3 is 0 Å². The Labute approximate surface area is 177 Å². The van der Waals surface area contributed by atoms with Gasteiger partial charge in [0, 0.05) is 12.6 Å². The summed E-state index contributed by atoms with van der Waals surface area (Å²) in [7, 11) is 0. The lowest BCUT2D eigenvalue weighted by Crippen LogP contribution is -2.37. The number of aryl methyl sites for hydroxylation is 1. The molecular weight excluding hydrogens is 406 g/mol. The van der Waals surface area contributed by atoms with Crippen LogP contribution in [-0.4, -0.2) is 36.9 Å². The Hall–Kier alpha value is -1.87. The van der Waals surface area contributed by atoms with E-state index >= 15 is 0 Å². The smallest absolute Gasteiger partial charge is 0.272 e. The molecule has 9 heteroatoms. The van der Waals surface area contributed by atoms with Gasteiger partial charge in [-0.25, -0.2) is 0 Å². The summed E-state index contributed by atoms with van der Waals surface area (Å²) in [6, 6.07) is 2.23. The van der Waals surface area contributed by atoms with Crippen molar-refractivity contribution in [3.8, 4) is 0 Å². The zero-order valence-corrected chi connectivity index (χ0v) is 18.5. The van der Waals surface area contributed by atoms with E-state index in [1.54, 1.807) is 4.57 Å². The predicted molar refractivity (Wildman–Crippen MR) is 118 cm³/mol. The van der Waals surface area contributed by atoms with E-state index in [9.17, 15) is 9.59 Å². The molecule has 1 aliphatic rings. The molecule has 1 N–H and O–H groups in total. The van der Waals surface area contributed by atoms with Crippen molar-refractivity contribution in [1.29, 1.82) is 0 Å². The molecule has 1 saturated carbocycles. The third kappa shape index (κ3) is 4.35. The summed E-state index contributed by atoms with van der Waals surface area (Å²) < 4.78 is 4.35. The minimum absolute atomic E-state index is 0.0119. The second-order valence-electron chi connectivity index (χ2n) is 8.08. The molecule has 1 aliphatic carbocycles. The van der Waals surface area contributed by atoms with Gasteiger partial charge in [0.2, 0.25) is 11.7 Å². The zero-order chi connectivity index (χ0) is 20.4. The number of carbonyl (C=O) groups excluding carboxylic acids is 1. The monoisotopic (exact) mass is 433 g/mol. The molecule has 0 saturated heterocycles. The highest BCUT2D eigenvalue weighted by molar-refractivity contribution is 7.99. The third-order valence-corrected chi connectivity index (χ3v) is 7.24. The maximum atomic E-state index is 12.9. The zero-order valence-electron chi connectivity index (χ0n) is 16.9. The number of fused-ring (bicyclic) bond motifs is 3. The van der Waals surface area contributed by atoms with E-state index in [-0.39, 0.29) is 11.5 Å². The van der Waals surface area contributed by atoms with Gasteiger partial charge in [0.25, 0.3) is 5.56 Å². The molecule has 7 nitrogen and oxygen atoms in total. The Morgan fingerprint density at radius 1 is 1.31 bits per heavy atom. The molecule has 0 spiro atoms. The maximum Gasteiger partial charge on any atom is 0.272 e. The van der Waals surface area contributed by atoms with E-state index in [2.05, 4.69) is 29.4 Å². The van der Waals surface area contributed by atoms with Crippen LogP contribution in [0.15, 0.2) is 21.4 Å². The first-order chi connectivity index (χ1) is 14.0. The fraction of sp³-hybridized carbons (Fsp3) is 0.600. The molecular formula is C20H27N5O2S2. The fourth-order valence-electron chi connectivity index (χ4n) is 3.83. The lowest BCUT2D eigenvalue weighted by Gasteiger charge is -2.22. The molecule has 1 fully saturated rings. The van der Waals surface area contributed by atoms with Crippen LogP contribution in [0.1, 0.15) is 52.4 Å². The Morgan fingerprint density at radius 3 is 2.86 bits per heavy atom. The first-order valence-corrected chi connectivity index (χ1v) is 12.2. The van der Waals surface area contributed by atoms with Crippen molar-refractivity contribution in [1.82, 2.24) is 24.5 Å². The van der Waals surface area contributed by atoms with E-state index in [0.29, 0.717) is 39.9 Å². The molecule has 0 unspecified atom stereocenters. The molecule has 0 aliphatic heterocycles. The second kappa shape index (κ2) is 8.87. The van der Waals surface area contributed by atoms with Gasteiger partial charge in [-0.1, -0.05) is 44.9 Å². The molecule has 0 atom stereocenters. The molecule has 0 bridgehead atoms. The van der Waals surface area contributed by atoms with Crippen LogP contribution in [0, 0.1) is 5.92 Å². The van der Waals surface area contributed by atoms with Crippen LogP contribution in [0.4, 0.5) is 0 Å². The second-order valence-corrected chi connectivity index (χ2v) is 9.94. The predicted octanol–water partition coefficient (Wildman–Crippen LogP) is 3.69. The summed E-state index contributed by atoms with van der Waals surface area (Å²) in [5, 5.41) is 14.3. The minimum atomic E-state index is -0.0119. The van der Waals surface area contributed by atoms with Crippen molar-refractivity contribution in [2.45, 2.75) is 70.1 Å². The van der Waals surface area contributed by atoms with Crippen molar-refractivity contribution in [2.75, 3.05) is 5.75 Å². The van der Waals surface area contributed by atoms with E-state index in [1.807, 2.05) is 15.8 Å². The Balaban J connectivity index is 1.58. The van der Waals surface area contributed by atoms with Gasteiger partial charge in [0.15, 0.2) is 5.16 Å². The minimum Gasteiger partial charge on any atom is -0.353 e. The highest BCUT2D eigenvalue weighted by Gasteiger charge is 2.20. The van der Waals surface area contributed by atoms with Gasteiger partial charge < -0.3 is 5.32 Å². The Morgan fingerprint density at radius 2 is 2.10 bits per heavy atom. The molecule has 4 rings (SSSR count). The fourth-order valence-corrected chi connectivity index (χ4v) is 5.40. The van der Waals surface area contributed by atoms with Gasteiger partial charge in [0.05, 0.1) is 11.3 Å². The summed E-state index contributed by atoms with van der Waals surface area (Å²) in [6.45, 7) is 4.89. The number of nitrogens with one attached hydrogen (secondary N) is 1. The number of amides is 1. The van der Waals surface area contributed by atoms with Crippen LogP contribution >= 0.6 is 23.1 Å². The van der Waals surface area contributed by atoms with Gasteiger partial charge in [-0.3, -0.25) is 18.6 Å². The SMILES string of the molecule is CC(C)CCn1c(=O)c2sccc2n2c(SCC(=O)NC3CCCCC3)nnc12. The highest BCUT2D eigenvalue weighted by atomic mass is 32.2. The van der Waals surface area contributed by atoms with Crippen molar-refractivity contribution in [2.24, 2.45) is 5.92 Å². The average molecular weight is 434 g/mol. The molecule has 29 heavy (non-hydrogen) atoms. The van der Waals surface area contributed by atoms with Crippen molar-refractivity contribution in [3.63, 3.8) is 0 Å². The average Bonchev–Trinajstić information content (AvgIpc) is 3.34. The van der Waals surface area contributed by atoms with Gasteiger partial charge in [0.1, 0.15) is 4.70 Å². The van der Waals surface area contributed by atoms with Gasteiger partial charge in [-0.2, -0.15) is 0 Å². The molecule has 0 radical (unpaired) electrons. The van der Waals surface area contributed by atoms with Crippen LogP contribution < -0.4 is 10.9 Å². The number of aromatic nitrogens is 4. The molecule has 156 valence electrons. The Kier molecular flexibility index (Phi) is 6.24. The number of nitrogens with zero attached hydrogens (tertiary/aromatic N) is 4. The summed E-state index contributed by atoms with van der Waals surface area (Å²) in [4.78, 5) is 25.3. The maximum absolute atomic E-state index is 12.9. The van der Waals surface area contributed by atoms with Crippen LogP contribution in [0.5, 0.6) is 0 Å². The highest BCUT2D eigenvalue weighted by Crippen LogP contribution is 2.25. The Bertz CT molecular complexity index is 1060. The number of carbonyl (C=O) groups is 1. The lowest BCUT2D eigenvalue weighted by atomic mass is 9.95. The van der Waals surface area contributed by atoms with Crippen molar-refractivity contribution < 1.29 is 4.79 Å². The van der Waals surface area contributed by atoms with E-state index < -0.39 is 0 Å². The first kappa shape index (κ1) is 20.4. The summed E-state index contributed by atoms with van der Waals surface area (Å²) in [5.74, 6) is 1.37. The van der Waals surface area contributed by atoms with E-state index in [0.717, 1.165) is 24.8 Å². The van der Waals surface area contributed by atoms with Crippen LogP contribution in [0.2, 0.25) is 0 Å². The molecule has 3 heterocycles. The van der Waals surface area contributed by atoms with Crippen LogP contribution in [0.3, 0.4) is 0 Å². The molecule has 0 aromatic carbocycles. The standard InChI is InChI=1S/C20H27N5O2S2/c1-13(2)8-10-24-18(27)17-15(9-11-28-17)25-19(24)22-23-20(25)29-12-16(26)21-14-6-4-3-5-7-14/h9,11,13-14H,3-8,10,12H2,1-2H3,(H,21,26). The van der Waals surface area contributed by atoms with Crippen molar-refractivity contribution >= 4 is 45.0 Å². The largest absolute Gasteiger partial charge is 0.353 e. The number of hydrogen-bond acceptors (Lipinski definition) is 6. The lowest BCUT2D eigenvalue weighted by molar-refractivity contribution is -0.119.